The van der Waals surface area contributed by atoms with Crippen LogP contribution in [-0.4, -0.2) is 27.7 Å². The van der Waals surface area contributed by atoms with Gasteiger partial charge in [0.25, 0.3) is 0 Å². The molecule has 1 aromatic heterocycles. The van der Waals surface area contributed by atoms with Crippen LogP contribution < -0.4 is 16.7 Å². The summed E-state index contributed by atoms with van der Waals surface area (Å²) in [5, 5.41) is 3.07. The van der Waals surface area contributed by atoms with Crippen molar-refractivity contribution in [1.82, 2.24) is 14.5 Å². The third-order valence-corrected chi connectivity index (χ3v) is 4.02. The van der Waals surface area contributed by atoms with E-state index >= 15 is 0 Å². The maximum absolute atomic E-state index is 12.2. The van der Waals surface area contributed by atoms with Crippen molar-refractivity contribution in [1.29, 1.82) is 0 Å². The van der Waals surface area contributed by atoms with Gasteiger partial charge in [0.05, 0.1) is 18.7 Å². The molecular weight excluding hydrogens is 296 g/mol. The van der Waals surface area contributed by atoms with Crippen LogP contribution in [0.25, 0.3) is 0 Å². The average Bonchev–Trinajstić information content (AvgIpc) is 3.00. The van der Waals surface area contributed by atoms with Crippen molar-refractivity contribution >= 4 is 5.95 Å². The average molecular weight is 316 g/mol. The smallest absolute Gasteiger partial charge is 0.355 e. The number of nitrogens with one attached hydrogen (secondary N) is 2. The second-order valence-electron chi connectivity index (χ2n) is 5.84. The first-order valence-electron chi connectivity index (χ1n) is 7.68. The first kappa shape index (κ1) is 15.5. The number of anilines is 1. The van der Waals surface area contributed by atoms with E-state index in [1.165, 1.54) is 0 Å². The number of benzene rings is 1. The highest BCUT2D eigenvalue weighted by Crippen LogP contribution is 2.17. The molecule has 2 heterocycles. The van der Waals surface area contributed by atoms with E-state index in [4.69, 9.17) is 4.74 Å². The van der Waals surface area contributed by atoms with E-state index in [9.17, 15) is 9.59 Å². The fourth-order valence-corrected chi connectivity index (χ4v) is 2.77. The Labute approximate surface area is 133 Å². The van der Waals surface area contributed by atoms with Gasteiger partial charge in [0.1, 0.15) is 0 Å². The highest BCUT2D eigenvalue weighted by molar-refractivity contribution is 5.32. The van der Waals surface area contributed by atoms with Crippen LogP contribution in [-0.2, 0) is 4.74 Å². The number of hydrogen-bond acceptors (Lipinski definition) is 5. The summed E-state index contributed by atoms with van der Waals surface area (Å²) >= 11 is 0. The number of H-pyrrole nitrogens is 1. The summed E-state index contributed by atoms with van der Waals surface area (Å²) in [5.74, 6) is 0.184. The predicted octanol–water partition coefficient (Wildman–Crippen LogP) is 1.37. The Hall–Kier alpha value is -2.41. The van der Waals surface area contributed by atoms with Crippen LogP contribution in [0.3, 0.4) is 0 Å². The number of ether oxygens (including phenoxy) is 1. The molecule has 3 rings (SSSR count). The Balaban J connectivity index is 1.84. The SMILES string of the molecule is Cc1cccc([C@H](C)Nc2nc(=O)n(C3CCOC3)c(=O)[nH]2)c1. The van der Waals surface area contributed by atoms with E-state index in [1.807, 2.05) is 38.1 Å². The molecule has 1 aliphatic rings. The van der Waals surface area contributed by atoms with E-state index in [0.717, 1.165) is 15.7 Å². The highest BCUT2D eigenvalue weighted by atomic mass is 16.5. The molecule has 1 fully saturated rings. The van der Waals surface area contributed by atoms with Crippen molar-refractivity contribution in [2.45, 2.75) is 32.4 Å². The summed E-state index contributed by atoms with van der Waals surface area (Å²) in [6, 6.07) is 7.70. The minimum Gasteiger partial charge on any atom is -0.379 e. The molecule has 0 aliphatic carbocycles. The fourth-order valence-electron chi connectivity index (χ4n) is 2.77. The molecule has 0 bridgehead atoms. The minimum atomic E-state index is -0.553. The minimum absolute atomic E-state index is 0.0805. The van der Waals surface area contributed by atoms with Crippen molar-refractivity contribution in [3.63, 3.8) is 0 Å². The van der Waals surface area contributed by atoms with Gasteiger partial charge in [-0.2, -0.15) is 4.98 Å². The Morgan fingerprint density at radius 3 is 2.91 bits per heavy atom. The van der Waals surface area contributed by atoms with Gasteiger partial charge in [0.15, 0.2) is 0 Å². The monoisotopic (exact) mass is 316 g/mol. The quantitative estimate of drug-likeness (QED) is 0.889. The zero-order valence-electron chi connectivity index (χ0n) is 13.2. The molecule has 7 nitrogen and oxygen atoms in total. The third-order valence-electron chi connectivity index (χ3n) is 4.02. The normalized spacial score (nSPS) is 18.8. The van der Waals surface area contributed by atoms with Crippen LogP contribution in [0.1, 0.15) is 36.6 Å². The topological polar surface area (TPSA) is 89.0 Å². The van der Waals surface area contributed by atoms with Gasteiger partial charge in [-0.05, 0) is 25.8 Å². The molecule has 0 saturated carbocycles. The van der Waals surface area contributed by atoms with Crippen molar-refractivity contribution in [2.75, 3.05) is 18.5 Å². The molecule has 1 aliphatic heterocycles. The summed E-state index contributed by atoms with van der Waals surface area (Å²) in [6.07, 6.45) is 0.650. The van der Waals surface area contributed by atoms with E-state index in [0.29, 0.717) is 19.6 Å². The van der Waals surface area contributed by atoms with Crippen LogP contribution in [0.15, 0.2) is 33.9 Å². The lowest BCUT2D eigenvalue weighted by Crippen LogP contribution is -2.40. The van der Waals surface area contributed by atoms with Gasteiger partial charge in [0, 0.05) is 6.61 Å². The molecule has 2 atom stereocenters. The molecule has 0 amide bonds. The Morgan fingerprint density at radius 1 is 1.43 bits per heavy atom. The van der Waals surface area contributed by atoms with Crippen LogP contribution >= 0.6 is 0 Å². The van der Waals surface area contributed by atoms with Crippen molar-refractivity contribution < 1.29 is 4.74 Å². The third kappa shape index (κ3) is 3.34. The molecule has 2 aromatic rings. The van der Waals surface area contributed by atoms with Crippen LogP contribution in [0.2, 0.25) is 0 Å². The molecular formula is C16H20N4O3. The van der Waals surface area contributed by atoms with Gasteiger partial charge in [0.2, 0.25) is 5.95 Å². The molecule has 0 spiro atoms. The Kier molecular flexibility index (Phi) is 4.29. The second kappa shape index (κ2) is 6.37. The molecule has 1 saturated heterocycles. The molecule has 1 unspecified atom stereocenters. The Bertz CT molecular complexity index is 774. The van der Waals surface area contributed by atoms with Crippen molar-refractivity contribution in [2.24, 2.45) is 0 Å². The summed E-state index contributed by atoms with van der Waals surface area (Å²) in [6.45, 7) is 4.89. The molecule has 122 valence electrons. The highest BCUT2D eigenvalue weighted by Gasteiger charge is 2.22. The lowest BCUT2D eigenvalue weighted by molar-refractivity contribution is 0.185. The number of aromatic nitrogens is 3. The number of rotatable bonds is 4. The zero-order chi connectivity index (χ0) is 16.4. The number of aromatic amines is 1. The van der Waals surface area contributed by atoms with E-state index in [1.54, 1.807) is 0 Å². The van der Waals surface area contributed by atoms with Crippen LogP contribution in [0.5, 0.6) is 0 Å². The number of hydrogen-bond donors (Lipinski definition) is 2. The van der Waals surface area contributed by atoms with Gasteiger partial charge in [-0.1, -0.05) is 29.8 Å². The van der Waals surface area contributed by atoms with E-state index in [2.05, 4.69) is 15.3 Å². The lowest BCUT2D eigenvalue weighted by Gasteiger charge is -2.16. The van der Waals surface area contributed by atoms with Gasteiger partial charge in [-0.25, -0.2) is 14.2 Å². The molecule has 7 heteroatoms. The summed E-state index contributed by atoms with van der Waals surface area (Å²) < 4.78 is 6.36. The molecule has 23 heavy (non-hydrogen) atoms. The van der Waals surface area contributed by atoms with Gasteiger partial charge < -0.3 is 10.1 Å². The standard InChI is InChI=1S/C16H20N4O3/c1-10-4-3-5-12(8-10)11(2)17-14-18-15(21)20(16(22)19-14)13-6-7-23-9-13/h3-5,8,11,13H,6-7,9H2,1-2H3,(H2,17,18,19,21,22)/t11-,13?/m0/s1. The van der Waals surface area contributed by atoms with Crippen LogP contribution in [0.4, 0.5) is 5.95 Å². The van der Waals surface area contributed by atoms with Gasteiger partial charge in [-0.3, -0.25) is 4.98 Å². The van der Waals surface area contributed by atoms with Crippen molar-refractivity contribution in [3.05, 3.63) is 56.4 Å². The maximum atomic E-state index is 12.2. The molecule has 2 N–H and O–H groups in total. The first-order chi connectivity index (χ1) is 11.0. The van der Waals surface area contributed by atoms with Gasteiger partial charge >= 0.3 is 11.4 Å². The lowest BCUT2D eigenvalue weighted by atomic mass is 10.1. The summed E-state index contributed by atoms with van der Waals surface area (Å²) in [4.78, 5) is 30.9. The summed E-state index contributed by atoms with van der Waals surface area (Å²) in [7, 11) is 0. The van der Waals surface area contributed by atoms with Gasteiger partial charge in [-0.15, -0.1) is 0 Å². The van der Waals surface area contributed by atoms with Crippen molar-refractivity contribution in [3.8, 4) is 0 Å². The first-order valence-corrected chi connectivity index (χ1v) is 7.68. The fraction of sp³-hybridized carbons (Fsp3) is 0.438. The Morgan fingerprint density at radius 2 is 2.26 bits per heavy atom. The maximum Gasteiger partial charge on any atom is 0.355 e. The number of nitrogens with zero attached hydrogens (tertiary/aromatic N) is 2. The van der Waals surface area contributed by atoms with E-state index in [-0.39, 0.29) is 18.0 Å². The largest absolute Gasteiger partial charge is 0.379 e. The van der Waals surface area contributed by atoms with E-state index < -0.39 is 11.4 Å². The molecule has 1 aromatic carbocycles. The summed E-state index contributed by atoms with van der Waals surface area (Å²) in [5.41, 5.74) is 1.19. The predicted molar refractivity (Wildman–Crippen MR) is 86.8 cm³/mol. The zero-order valence-corrected chi connectivity index (χ0v) is 13.2. The molecule has 0 radical (unpaired) electrons. The number of aryl methyl sites for hydroxylation is 1. The van der Waals surface area contributed by atoms with Crippen LogP contribution in [0, 0.1) is 6.92 Å². The second-order valence-corrected chi connectivity index (χ2v) is 5.84.